The molecule has 0 saturated heterocycles. The molecule has 28 heavy (non-hydrogen) atoms. The molecule has 2 aromatic carbocycles. The van der Waals surface area contributed by atoms with Crippen molar-refractivity contribution in [1.29, 1.82) is 0 Å². The van der Waals surface area contributed by atoms with E-state index in [1.165, 1.54) is 23.3 Å². The monoisotopic (exact) mass is 374 g/mol. The summed E-state index contributed by atoms with van der Waals surface area (Å²) in [7, 11) is 0. The third kappa shape index (κ3) is 3.03. The Morgan fingerprint density at radius 1 is 0.857 bits per heavy atom. The first-order valence-corrected chi connectivity index (χ1v) is 9.31. The fourth-order valence-corrected chi connectivity index (χ4v) is 3.52. The summed E-state index contributed by atoms with van der Waals surface area (Å²) in [5.74, 6) is 1.21. The molecular formula is C23H23FN4. The first kappa shape index (κ1) is 18.2. The third-order valence-corrected chi connectivity index (χ3v) is 5.32. The van der Waals surface area contributed by atoms with Crippen LogP contribution in [0, 0.1) is 40.4 Å². The van der Waals surface area contributed by atoms with Gasteiger partial charge in [-0.05, 0) is 87.7 Å². The van der Waals surface area contributed by atoms with E-state index in [1.807, 2.05) is 6.92 Å². The highest BCUT2D eigenvalue weighted by Gasteiger charge is 2.19. The fraction of sp³-hybridized carbons (Fsp3) is 0.217. The number of halogens is 1. The third-order valence-electron chi connectivity index (χ3n) is 5.32. The van der Waals surface area contributed by atoms with Crippen molar-refractivity contribution in [3.8, 4) is 5.69 Å². The Morgan fingerprint density at radius 3 is 2.25 bits per heavy atom. The SMILES string of the molecule is Cc1nc(Nc2ccc(C)c(C)c2)c2c(C)c(C)n(-c3ccc(F)cc3)c2n1. The summed E-state index contributed by atoms with van der Waals surface area (Å²) in [5, 5.41) is 4.45. The topological polar surface area (TPSA) is 42.7 Å². The van der Waals surface area contributed by atoms with Gasteiger partial charge in [-0.1, -0.05) is 6.07 Å². The quantitative estimate of drug-likeness (QED) is 0.489. The van der Waals surface area contributed by atoms with Crippen LogP contribution in [-0.4, -0.2) is 14.5 Å². The highest BCUT2D eigenvalue weighted by atomic mass is 19.1. The zero-order valence-electron chi connectivity index (χ0n) is 16.8. The molecule has 0 fully saturated rings. The number of hydrogen-bond acceptors (Lipinski definition) is 3. The molecule has 0 unspecified atom stereocenters. The minimum absolute atomic E-state index is 0.252. The van der Waals surface area contributed by atoms with Crippen LogP contribution in [0.5, 0.6) is 0 Å². The average Bonchev–Trinajstić information content (AvgIpc) is 2.90. The molecule has 4 rings (SSSR count). The van der Waals surface area contributed by atoms with Crippen molar-refractivity contribution in [1.82, 2.24) is 14.5 Å². The summed E-state index contributed by atoms with van der Waals surface area (Å²) in [4.78, 5) is 9.38. The minimum Gasteiger partial charge on any atom is -0.340 e. The molecule has 2 aromatic heterocycles. The van der Waals surface area contributed by atoms with Crippen LogP contribution >= 0.6 is 0 Å². The number of aromatic nitrogens is 3. The van der Waals surface area contributed by atoms with Crippen molar-refractivity contribution in [3.63, 3.8) is 0 Å². The summed E-state index contributed by atoms with van der Waals surface area (Å²) in [5.41, 5.74) is 7.34. The molecule has 1 N–H and O–H groups in total. The van der Waals surface area contributed by atoms with Gasteiger partial charge in [-0.25, -0.2) is 14.4 Å². The van der Waals surface area contributed by atoms with Crippen molar-refractivity contribution in [2.24, 2.45) is 0 Å². The highest BCUT2D eigenvalue weighted by Crippen LogP contribution is 2.33. The molecular weight excluding hydrogens is 351 g/mol. The maximum atomic E-state index is 13.4. The smallest absolute Gasteiger partial charge is 0.150 e. The van der Waals surface area contributed by atoms with Crippen molar-refractivity contribution >= 4 is 22.5 Å². The van der Waals surface area contributed by atoms with E-state index in [0.29, 0.717) is 5.82 Å². The van der Waals surface area contributed by atoms with E-state index in [4.69, 9.17) is 4.98 Å². The highest BCUT2D eigenvalue weighted by molar-refractivity contribution is 5.94. The van der Waals surface area contributed by atoms with Gasteiger partial charge < -0.3 is 5.32 Å². The zero-order valence-corrected chi connectivity index (χ0v) is 16.8. The maximum Gasteiger partial charge on any atom is 0.150 e. The van der Waals surface area contributed by atoms with Gasteiger partial charge in [0.05, 0.1) is 5.39 Å². The van der Waals surface area contributed by atoms with E-state index in [1.54, 1.807) is 12.1 Å². The summed E-state index contributed by atoms with van der Waals surface area (Å²) in [6.07, 6.45) is 0. The Bertz CT molecular complexity index is 1190. The van der Waals surface area contributed by atoms with Gasteiger partial charge in [-0.15, -0.1) is 0 Å². The summed E-state index contributed by atoms with van der Waals surface area (Å²) in [6.45, 7) is 10.2. The van der Waals surface area contributed by atoms with E-state index < -0.39 is 0 Å². The Morgan fingerprint density at radius 2 is 1.57 bits per heavy atom. The van der Waals surface area contributed by atoms with Gasteiger partial charge in [0.1, 0.15) is 17.5 Å². The molecule has 4 nitrogen and oxygen atoms in total. The fourth-order valence-electron chi connectivity index (χ4n) is 3.52. The van der Waals surface area contributed by atoms with Crippen LogP contribution in [0.2, 0.25) is 0 Å². The summed E-state index contributed by atoms with van der Waals surface area (Å²) in [6, 6.07) is 12.8. The normalized spacial score (nSPS) is 11.2. The summed E-state index contributed by atoms with van der Waals surface area (Å²) >= 11 is 0. The minimum atomic E-state index is -0.252. The molecule has 2 heterocycles. The number of nitrogens with zero attached hydrogens (tertiary/aromatic N) is 3. The van der Waals surface area contributed by atoms with Gasteiger partial charge in [0.2, 0.25) is 0 Å². The molecule has 5 heteroatoms. The van der Waals surface area contributed by atoms with Crippen LogP contribution in [0.1, 0.15) is 28.2 Å². The Kier molecular flexibility index (Phi) is 4.38. The molecule has 0 aliphatic rings. The van der Waals surface area contributed by atoms with Gasteiger partial charge in [0, 0.05) is 17.1 Å². The molecule has 0 radical (unpaired) electrons. The number of rotatable bonds is 3. The van der Waals surface area contributed by atoms with Gasteiger partial charge in [-0.2, -0.15) is 0 Å². The zero-order chi connectivity index (χ0) is 20.0. The molecule has 0 aliphatic carbocycles. The van der Waals surface area contributed by atoms with E-state index in [9.17, 15) is 4.39 Å². The lowest BCUT2D eigenvalue weighted by molar-refractivity contribution is 0.627. The average molecular weight is 374 g/mol. The number of aryl methyl sites for hydroxylation is 4. The Labute approximate surface area is 164 Å². The van der Waals surface area contributed by atoms with Crippen LogP contribution in [0.25, 0.3) is 16.7 Å². The predicted octanol–water partition coefficient (Wildman–Crippen LogP) is 5.85. The van der Waals surface area contributed by atoms with Gasteiger partial charge >= 0.3 is 0 Å². The largest absolute Gasteiger partial charge is 0.340 e. The molecule has 4 aromatic rings. The van der Waals surface area contributed by atoms with E-state index >= 15 is 0 Å². The lowest BCUT2D eigenvalue weighted by atomic mass is 10.1. The number of fused-ring (bicyclic) bond motifs is 1. The second-order valence-corrected chi connectivity index (χ2v) is 7.26. The van der Waals surface area contributed by atoms with Crippen LogP contribution in [-0.2, 0) is 0 Å². The number of benzene rings is 2. The van der Waals surface area contributed by atoms with Crippen LogP contribution in [0.15, 0.2) is 42.5 Å². The van der Waals surface area contributed by atoms with Gasteiger partial charge in [-0.3, -0.25) is 4.57 Å². The molecule has 0 atom stereocenters. The molecule has 142 valence electrons. The van der Waals surface area contributed by atoms with Gasteiger partial charge in [0.25, 0.3) is 0 Å². The Hall–Kier alpha value is -3.21. The number of anilines is 2. The second kappa shape index (κ2) is 6.75. The van der Waals surface area contributed by atoms with Gasteiger partial charge in [0.15, 0.2) is 5.65 Å². The second-order valence-electron chi connectivity index (χ2n) is 7.26. The molecule has 0 spiro atoms. The van der Waals surface area contributed by atoms with Crippen molar-refractivity contribution in [2.45, 2.75) is 34.6 Å². The molecule has 0 bridgehead atoms. The Balaban J connectivity index is 1.92. The number of nitrogens with one attached hydrogen (secondary N) is 1. The van der Waals surface area contributed by atoms with Crippen molar-refractivity contribution in [2.75, 3.05) is 5.32 Å². The van der Waals surface area contributed by atoms with Crippen molar-refractivity contribution < 1.29 is 4.39 Å². The van der Waals surface area contributed by atoms with E-state index in [2.05, 4.69) is 60.8 Å². The van der Waals surface area contributed by atoms with Crippen LogP contribution < -0.4 is 5.32 Å². The van der Waals surface area contributed by atoms with E-state index in [0.717, 1.165) is 39.5 Å². The summed E-state index contributed by atoms with van der Waals surface area (Å²) < 4.78 is 15.5. The van der Waals surface area contributed by atoms with Crippen LogP contribution in [0.3, 0.4) is 0 Å². The standard InChI is InChI=1S/C23H23FN4/c1-13-6-9-19(12-14(13)2)27-22-21-15(3)16(4)28(23(21)26-17(5)25-22)20-10-7-18(24)8-11-20/h6-12H,1-5H3,(H,25,26,27). The molecule has 0 saturated carbocycles. The lowest BCUT2D eigenvalue weighted by Gasteiger charge is -2.11. The first-order chi connectivity index (χ1) is 13.3. The molecule has 0 aliphatic heterocycles. The van der Waals surface area contributed by atoms with E-state index in [-0.39, 0.29) is 5.82 Å². The lowest BCUT2D eigenvalue weighted by Crippen LogP contribution is -2.02. The maximum absolute atomic E-state index is 13.4. The first-order valence-electron chi connectivity index (χ1n) is 9.31. The predicted molar refractivity (Wildman–Crippen MR) is 112 cm³/mol. The van der Waals surface area contributed by atoms with Crippen LogP contribution in [0.4, 0.5) is 15.9 Å². The number of hydrogen-bond donors (Lipinski definition) is 1. The molecule has 0 amide bonds. The van der Waals surface area contributed by atoms with Crippen molar-refractivity contribution in [3.05, 3.63) is 76.5 Å².